The Morgan fingerprint density at radius 3 is 1.73 bits per heavy atom. The molecule has 0 spiro atoms. The van der Waals surface area contributed by atoms with Gasteiger partial charge >= 0.3 is 103 Å². The predicted molar refractivity (Wildman–Crippen MR) is 67.3 cm³/mol. The first kappa shape index (κ1) is 9.53. The maximum atomic E-state index is 2.68. The van der Waals surface area contributed by atoms with Crippen molar-refractivity contribution in [1.82, 2.24) is 0 Å². The molecular weight excluding hydrogens is 429 g/mol. The molecule has 0 unspecified atom stereocenters. The summed E-state index contributed by atoms with van der Waals surface area (Å²) in [5.74, 6) is 0. The Balaban J connectivity index is 2.02. The van der Waals surface area contributed by atoms with Crippen LogP contribution < -0.4 is 0 Å². The average Bonchev–Trinajstić information content (AvgIpc) is 2.02. The van der Waals surface area contributed by atoms with Gasteiger partial charge in [0, 0.05) is 0 Å². The van der Waals surface area contributed by atoms with Crippen LogP contribution in [0.5, 0.6) is 0 Å². The first-order valence-corrected chi connectivity index (χ1v) is 8.68. The molecule has 2 aliphatic rings. The monoisotopic (exact) mass is 442 g/mol. The zero-order chi connectivity index (χ0) is 7.84. The van der Waals surface area contributed by atoms with Crippen LogP contribution in [0.3, 0.4) is 0 Å². The molecule has 2 saturated heterocycles. The summed E-state index contributed by atoms with van der Waals surface area (Å²) in [5, 5.41) is 0. The zero-order valence-corrected chi connectivity index (χ0v) is 12.3. The van der Waals surface area contributed by atoms with E-state index in [9.17, 15) is 0 Å². The fourth-order valence-corrected chi connectivity index (χ4v) is 8.48. The van der Waals surface area contributed by atoms with Crippen molar-refractivity contribution in [2.45, 2.75) is 43.2 Å². The average molecular weight is 441 g/mol. The summed E-state index contributed by atoms with van der Waals surface area (Å²) >= 11 is 6.36. The fraction of sp³-hybridized carbons (Fsp3) is 1.00. The van der Waals surface area contributed by atoms with Crippen molar-refractivity contribution < 1.29 is 0 Å². The molecule has 0 aromatic heterocycles. The number of hydrogen-bond acceptors (Lipinski definition) is 0. The summed E-state index contributed by atoms with van der Waals surface area (Å²) in [4.78, 5) is 2.29. The first-order valence-electron chi connectivity index (χ1n) is 4.21. The minimum atomic E-state index is 0.994. The number of hydrogen-bond donors (Lipinski definition) is 0. The van der Waals surface area contributed by atoms with E-state index >= 15 is 0 Å². The van der Waals surface area contributed by atoms with Gasteiger partial charge in [-0.05, 0) is 0 Å². The standard InChI is InChI=1S/C8H12I2Se/c9-5-1-3-7-6(10)2-4-8(5)11-7/h5-8H,1-4H2/t5-,6-,7-,8-/m0/s1. The van der Waals surface area contributed by atoms with E-state index in [1.165, 1.54) is 25.7 Å². The molecule has 0 aliphatic carbocycles. The number of alkyl halides is 2. The van der Waals surface area contributed by atoms with Crippen LogP contribution in [0.2, 0.25) is 9.63 Å². The normalized spacial score (nSPS) is 50.7. The van der Waals surface area contributed by atoms with Crippen molar-refractivity contribution >= 4 is 60.1 Å². The van der Waals surface area contributed by atoms with Gasteiger partial charge in [0.1, 0.15) is 0 Å². The van der Waals surface area contributed by atoms with E-state index in [0.29, 0.717) is 0 Å². The van der Waals surface area contributed by atoms with Gasteiger partial charge in [-0.3, -0.25) is 0 Å². The summed E-state index contributed by atoms with van der Waals surface area (Å²) in [6.07, 6.45) is 6.10. The molecule has 2 fully saturated rings. The summed E-state index contributed by atoms with van der Waals surface area (Å²) in [5.41, 5.74) is 0. The molecule has 2 aliphatic heterocycles. The second-order valence-corrected chi connectivity index (χ2v) is 9.71. The Labute approximate surface area is 102 Å². The topological polar surface area (TPSA) is 0 Å². The summed E-state index contributed by atoms with van der Waals surface area (Å²) in [7, 11) is 0. The van der Waals surface area contributed by atoms with Crippen LogP contribution in [0.1, 0.15) is 25.7 Å². The van der Waals surface area contributed by atoms with Crippen molar-refractivity contribution in [1.29, 1.82) is 0 Å². The fourth-order valence-electron chi connectivity index (χ4n) is 1.91. The molecule has 0 N–H and O–H groups in total. The molecule has 4 atom stereocenters. The molecule has 2 rings (SSSR count). The van der Waals surface area contributed by atoms with Crippen molar-refractivity contribution in [2.24, 2.45) is 0 Å². The van der Waals surface area contributed by atoms with Gasteiger partial charge in [-0.15, -0.1) is 0 Å². The SMILES string of the molecule is I[C@H]1CC[C@@H]2[Se][C@H]1CC[C@@H]2I. The van der Waals surface area contributed by atoms with Gasteiger partial charge in [0.05, 0.1) is 0 Å². The van der Waals surface area contributed by atoms with Crippen LogP contribution >= 0.6 is 45.2 Å². The van der Waals surface area contributed by atoms with Gasteiger partial charge in [0.25, 0.3) is 0 Å². The molecule has 0 amide bonds. The van der Waals surface area contributed by atoms with Crippen LogP contribution in [-0.4, -0.2) is 22.8 Å². The Hall–Kier alpha value is 1.98. The van der Waals surface area contributed by atoms with Crippen molar-refractivity contribution in [3.8, 4) is 0 Å². The van der Waals surface area contributed by atoms with E-state index in [2.05, 4.69) is 45.2 Å². The third-order valence-corrected chi connectivity index (χ3v) is 11.6. The molecule has 0 nitrogen and oxygen atoms in total. The predicted octanol–water partition coefficient (Wildman–Crippen LogP) is 3.46. The van der Waals surface area contributed by atoms with E-state index in [-0.39, 0.29) is 0 Å². The second kappa shape index (κ2) is 4.01. The van der Waals surface area contributed by atoms with Gasteiger partial charge < -0.3 is 0 Å². The Morgan fingerprint density at radius 1 is 0.818 bits per heavy atom. The zero-order valence-electron chi connectivity index (χ0n) is 6.30. The molecule has 0 saturated carbocycles. The first-order chi connectivity index (χ1) is 5.27. The number of halogens is 2. The number of fused-ring (bicyclic) bond motifs is 2. The van der Waals surface area contributed by atoms with Crippen molar-refractivity contribution in [3.63, 3.8) is 0 Å². The van der Waals surface area contributed by atoms with Crippen molar-refractivity contribution in [2.75, 3.05) is 0 Å². The van der Waals surface area contributed by atoms with Gasteiger partial charge in [0.2, 0.25) is 0 Å². The second-order valence-electron chi connectivity index (χ2n) is 3.40. The van der Waals surface area contributed by atoms with Crippen LogP contribution in [-0.2, 0) is 0 Å². The van der Waals surface area contributed by atoms with E-state index in [1.54, 1.807) is 0 Å². The molecule has 0 radical (unpaired) electrons. The molecular formula is C8H12I2Se. The Bertz CT molecular complexity index is 135. The molecule has 3 heteroatoms. The summed E-state index contributed by atoms with van der Waals surface area (Å²) in [6, 6.07) is 0. The Kier molecular flexibility index (Phi) is 3.47. The van der Waals surface area contributed by atoms with Crippen molar-refractivity contribution in [3.05, 3.63) is 0 Å². The van der Waals surface area contributed by atoms with E-state index in [1.807, 2.05) is 0 Å². The van der Waals surface area contributed by atoms with E-state index in [4.69, 9.17) is 0 Å². The molecule has 0 aromatic carbocycles. The third-order valence-electron chi connectivity index (χ3n) is 2.61. The molecule has 2 bridgehead atoms. The van der Waals surface area contributed by atoms with Crippen LogP contribution in [0.4, 0.5) is 0 Å². The van der Waals surface area contributed by atoms with Crippen LogP contribution in [0.25, 0.3) is 0 Å². The molecule has 2 heterocycles. The maximum absolute atomic E-state index is 2.68. The summed E-state index contributed by atoms with van der Waals surface area (Å²) in [6.45, 7) is 0. The van der Waals surface area contributed by atoms with Gasteiger partial charge in [-0.1, -0.05) is 0 Å². The van der Waals surface area contributed by atoms with E-state index < -0.39 is 0 Å². The van der Waals surface area contributed by atoms with Gasteiger partial charge in [0.15, 0.2) is 0 Å². The summed E-state index contributed by atoms with van der Waals surface area (Å²) < 4.78 is 2.07. The van der Waals surface area contributed by atoms with Gasteiger partial charge in [-0.25, -0.2) is 0 Å². The Morgan fingerprint density at radius 2 is 1.27 bits per heavy atom. The molecule has 0 aromatic rings. The minimum absolute atomic E-state index is 0.994. The quantitative estimate of drug-likeness (QED) is 0.307. The number of rotatable bonds is 0. The van der Waals surface area contributed by atoms with Crippen LogP contribution in [0, 0.1) is 0 Å². The van der Waals surface area contributed by atoms with Gasteiger partial charge in [-0.2, -0.15) is 0 Å². The third kappa shape index (κ3) is 2.07. The molecule has 11 heavy (non-hydrogen) atoms. The van der Waals surface area contributed by atoms with Crippen LogP contribution in [0.15, 0.2) is 0 Å². The molecule has 64 valence electrons. The van der Waals surface area contributed by atoms with E-state index in [0.717, 1.165) is 32.4 Å².